The minimum atomic E-state index is 0.0562. The zero-order valence-corrected chi connectivity index (χ0v) is 17.3. The zero-order chi connectivity index (χ0) is 19.6. The van der Waals surface area contributed by atoms with Crippen molar-refractivity contribution in [2.45, 2.75) is 78.6 Å². The van der Waals surface area contributed by atoms with E-state index < -0.39 is 0 Å². The first-order chi connectivity index (χ1) is 13.0. The number of phenols is 2. The maximum atomic E-state index is 11.1. The monoisotopic (exact) mass is 366 g/mol. The first-order valence-corrected chi connectivity index (χ1v) is 10.6. The van der Waals surface area contributed by atoms with Gasteiger partial charge in [-0.05, 0) is 56.6 Å². The normalized spacial score (nSPS) is 15.4. The Balaban J connectivity index is 2.22. The van der Waals surface area contributed by atoms with Crippen LogP contribution in [0.1, 0.15) is 85.3 Å². The van der Waals surface area contributed by atoms with Crippen molar-refractivity contribution in [1.82, 2.24) is 0 Å². The molecule has 1 aliphatic rings. The highest BCUT2D eigenvalue weighted by Gasteiger charge is 2.31. The Morgan fingerprint density at radius 1 is 0.778 bits per heavy atom. The lowest BCUT2D eigenvalue weighted by atomic mass is 9.72. The Labute approximate surface area is 164 Å². The van der Waals surface area contributed by atoms with Gasteiger partial charge in [0.15, 0.2) is 0 Å². The van der Waals surface area contributed by atoms with Crippen LogP contribution in [0.15, 0.2) is 24.3 Å². The molecule has 0 aliphatic heterocycles. The van der Waals surface area contributed by atoms with E-state index in [1.807, 2.05) is 0 Å². The van der Waals surface area contributed by atoms with Gasteiger partial charge in [-0.2, -0.15) is 0 Å². The van der Waals surface area contributed by atoms with Crippen molar-refractivity contribution in [2.75, 3.05) is 0 Å². The third kappa shape index (κ3) is 4.00. The van der Waals surface area contributed by atoms with Gasteiger partial charge >= 0.3 is 0 Å². The largest absolute Gasteiger partial charge is 0.507 e. The lowest BCUT2D eigenvalue weighted by Crippen LogP contribution is -2.19. The van der Waals surface area contributed by atoms with Gasteiger partial charge in [0, 0.05) is 17.0 Å². The second kappa shape index (κ2) is 8.37. The van der Waals surface area contributed by atoms with Gasteiger partial charge in [0.1, 0.15) is 11.5 Å². The Bertz CT molecular complexity index is 741. The van der Waals surface area contributed by atoms with Crippen LogP contribution in [0.2, 0.25) is 0 Å². The van der Waals surface area contributed by atoms with Crippen molar-refractivity contribution < 1.29 is 10.2 Å². The Hall–Kier alpha value is -1.96. The first kappa shape index (κ1) is 19.8. The molecule has 1 saturated carbocycles. The third-order valence-corrected chi connectivity index (χ3v) is 6.28. The molecule has 2 heteroatoms. The average Bonchev–Trinajstić information content (AvgIpc) is 2.67. The summed E-state index contributed by atoms with van der Waals surface area (Å²) >= 11 is 0. The van der Waals surface area contributed by atoms with E-state index in [4.69, 9.17) is 0 Å². The molecule has 0 amide bonds. The van der Waals surface area contributed by atoms with Crippen molar-refractivity contribution in [3.05, 3.63) is 57.6 Å². The molecule has 27 heavy (non-hydrogen) atoms. The minimum absolute atomic E-state index is 0.0562. The Kier molecular flexibility index (Phi) is 6.14. The summed E-state index contributed by atoms with van der Waals surface area (Å²) in [6.07, 6.45) is 7.73. The van der Waals surface area contributed by atoms with Crippen molar-refractivity contribution in [3.63, 3.8) is 0 Å². The number of hydrogen-bond donors (Lipinski definition) is 2. The second-order valence-electron chi connectivity index (χ2n) is 8.31. The smallest absolute Gasteiger partial charge is 0.122 e. The van der Waals surface area contributed by atoms with Crippen LogP contribution in [0.4, 0.5) is 0 Å². The molecule has 1 aliphatic carbocycles. The molecule has 2 aromatic rings. The molecular formula is C25H34O2. The number of aromatic hydroxyl groups is 2. The molecule has 2 aromatic carbocycles. The lowest BCUT2D eigenvalue weighted by molar-refractivity contribution is 0.316. The molecule has 0 heterocycles. The fraction of sp³-hybridized carbons (Fsp3) is 0.520. The van der Waals surface area contributed by atoms with Gasteiger partial charge in [-0.3, -0.25) is 0 Å². The second-order valence-corrected chi connectivity index (χ2v) is 8.31. The van der Waals surface area contributed by atoms with Crippen LogP contribution >= 0.6 is 0 Å². The summed E-state index contributed by atoms with van der Waals surface area (Å²) in [5.74, 6) is 1.38. The molecule has 0 unspecified atom stereocenters. The highest BCUT2D eigenvalue weighted by atomic mass is 16.3. The van der Waals surface area contributed by atoms with Crippen molar-refractivity contribution in [2.24, 2.45) is 5.92 Å². The van der Waals surface area contributed by atoms with Gasteiger partial charge in [-0.15, -0.1) is 0 Å². The quantitative estimate of drug-likeness (QED) is 0.630. The Morgan fingerprint density at radius 2 is 1.22 bits per heavy atom. The van der Waals surface area contributed by atoms with Gasteiger partial charge in [0.05, 0.1) is 0 Å². The maximum absolute atomic E-state index is 11.1. The van der Waals surface area contributed by atoms with Gasteiger partial charge in [-0.1, -0.05) is 68.5 Å². The van der Waals surface area contributed by atoms with E-state index in [0.717, 1.165) is 47.9 Å². The van der Waals surface area contributed by atoms with Crippen LogP contribution in [0.3, 0.4) is 0 Å². The molecule has 1 fully saturated rings. The molecule has 0 spiro atoms. The summed E-state index contributed by atoms with van der Waals surface area (Å²) in [7, 11) is 0. The highest BCUT2D eigenvalue weighted by Crippen LogP contribution is 2.47. The zero-order valence-electron chi connectivity index (χ0n) is 17.3. The predicted molar refractivity (Wildman–Crippen MR) is 113 cm³/mol. The van der Waals surface area contributed by atoms with Crippen LogP contribution in [0, 0.1) is 19.8 Å². The van der Waals surface area contributed by atoms with Crippen molar-refractivity contribution in [3.8, 4) is 11.5 Å². The molecule has 2 nitrogen and oxygen atoms in total. The summed E-state index contributed by atoms with van der Waals surface area (Å²) < 4.78 is 0. The highest BCUT2D eigenvalue weighted by molar-refractivity contribution is 5.54. The molecule has 0 bridgehead atoms. The molecule has 146 valence electrons. The molecular weight excluding hydrogens is 332 g/mol. The number of rotatable bonds is 5. The summed E-state index contributed by atoms with van der Waals surface area (Å²) in [6.45, 7) is 8.39. The maximum Gasteiger partial charge on any atom is 0.122 e. The summed E-state index contributed by atoms with van der Waals surface area (Å²) in [5, 5.41) is 22.2. The molecule has 0 aromatic heterocycles. The van der Waals surface area contributed by atoms with E-state index in [1.165, 1.54) is 30.4 Å². The van der Waals surface area contributed by atoms with Crippen LogP contribution < -0.4 is 0 Å². The average molecular weight is 367 g/mol. The van der Waals surface area contributed by atoms with Crippen molar-refractivity contribution >= 4 is 0 Å². The van der Waals surface area contributed by atoms with Crippen molar-refractivity contribution in [1.29, 1.82) is 0 Å². The lowest BCUT2D eigenvalue weighted by Gasteiger charge is -2.33. The fourth-order valence-electron chi connectivity index (χ4n) is 4.92. The number of hydrogen-bond acceptors (Lipinski definition) is 2. The van der Waals surface area contributed by atoms with Crippen LogP contribution in [-0.4, -0.2) is 10.2 Å². The minimum Gasteiger partial charge on any atom is -0.507 e. The molecule has 3 rings (SSSR count). The molecule has 2 N–H and O–H groups in total. The van der Waals surface area contributed by atoms with E-state index in [9.17, 15) is 10.2 Å². The van der Waals surface area contributed by atoms with E-state index in [1.54, 1.807) is 0 Å². The van der Waals surface area contributed by atoms with Gasteiger partial charge in [0.25, 0.3) is 0 Å². The topological polar surface area (TPSA) is 40.5 Å². The Morgan fingerprint density at radius 3 is 1.63 bits per heavy atom. The van der Waals surface area contributed by atoms with Crippen LogP contribution in [0.5, 0.6) is 11.5 Å². The molecule has 0 radical (unpaired) electrons. The van der Waals surface area contributed by atoms with E-state index in [0.29, 0.717) is 17.4 Å². The standard InChI is InChI=1S/C25H34O2/c1-5-18-12-16(3)14-21(24(18)26)23(20-10-8-7-9-11-20)22-15-17(4)13-19(6-2)25(22)27/h12-15,20,23,26-27H,5-11H2,1-4H3. The van der Waals surface area contributed by atoms with Gasteiger partial charge < -0.3 is 10.2 Å². The van der Waals surface area contributed by atoms with Gasteiger partial charge in [0.2, 0.25) is 0 Å². The summed E-state index contributed by atoms with van der Waals surface area (Å²) in [4.78, 5) is 0. The predicted octanol–water partition coefficient (Wildman–Crippen LogP) is 6.55. The summed E-state index contributed by atoms with van der Waals surface area (Å²) in [5.41, 5.74) is 6.39. The van der Waals surface area contributed by atoms with Gasteiger partial charge in [-0.25, -0.2) is 0 Å². The van der Waals surface area contributed by atoms with Crippen LogP contribution in [0.25, 0.3) is 0 Å². The summed E-state index contributed by atoms with van der Waals surface area (Å²) in [6, 6.07) is 8.46. The number of aryl methyl sites for hydroxylation is 4. The van der Waals surface area contributed by atoms with E-state index in [-0.39, 0.29) is 5.92 Å². The third-order valence-electron chi connectivity index (χ3n) is 6.28. The SMILES string of the molecule is CCc1cc(C)cc(C(c2cc(C)cc(CC)c2O)C2CCCCC2)c1O. The van der Waals surface area contributed by atoms with E-state index >= 15 is 0 Å². The fourth-order valence-corrected chi connectivity index (χ4v) is 4.92. The van der Waals surface area contributed by atoms with Crippen LogP contribution in [-0.2, 0) is 12.8 Å². The molecule has 0 saturated heterocycles. The number of phenolic OH excluding ortho intramolecular Hbond substituents is 2. The van der Waals surface area contributed by atoms with E-state index in [2.05, 4.69) is 52.0 Å². The molecule has 0 atom stereocenters. The number of benzene rings is 2. The first-order valence-electron chi connectivity index (χ1n) is 10.6.